The molecule has 5 aromatic carbocycles. The van der Waals surface area contributed by atoms with E-state index in [9.17, 15) is 0 Å². The Morgan fingerprint density at radius 1 is 0.657 bits per heavy atom. The molecule has 0 bridgehead atoms. The van der Waals surface area contributed by atoms with Gasteiger partial charge < -0.3 is 19.2 Å². The Morgan fingerprint density at radius 2 is 1.28 bits per heavy atom. The van der Waals surface area contributed by atoms with Crippen LogP contribution in [0.25, 0.3) is 27.6 Å². The Labute approximate surface area is 415 Å². The molecule has 0 fully saturated rings. The van der Waals surface area contributed by atoms with Crippen LogP contribution in [0.15, 0.2) is 96.1 Å². The van der Waals surface area contributed by atoms with Crippen LogP contribution in [0.1, 0.15) is 171 Å². The number of aliphatic imine (C=N–C) groups is 1. The third kappa shape index (κ3) is 8.09. The second-order valence-electron chi connectivity index (χ2n) is 23.5. The van der Waals surface area contributed by atoms with Crippen LogP contribution in [0.2, 0.25) is 0 Å². The minimum absolute atomic E-state index is 0. The van der Waals surface area contributed by atoms with Crippen molar-refractivity contribution in [2.75, 3.05) is 4.90 Å². The van der Waals surface area contributed by atoms with Gasteiger partial charge in [-0.05, 0) is 130 Å². The Kier molecular flexibility index (Phi) is 12.0. The predicted octanol–water partition coefficient (Wildman–Crippen LogP) is 15.8. The Balaban J connectivity index is 0.00000608. The number of fused-ring (bicyclic) bond motifs is 6. The Hall–Kier alpha value is -4.99. The van der Waals surface area contributed by atoms with Crippen LogP contribution >= 0.6 is 0 Å². The second kappa shape index (κ2) is 16.6. The number of hydrogen-bond donors (Lipinski definition) is 0. The molecular weight excluding hydrogens is 1000 g/mol. The molecule has 0 N–H and O–H groups in total. The predicted molar refractivity (Wildman–Crippen MR) is 278 cm³/mol. The minimum Gasteiger partial charge on any atom is -0.503 e. The fourth-order valence-corrected chi connectivity index (χ4v) is 10.6. The number of pyridine rings is 1. The largest absolute Gasteiger partial charge is 2.00 e. The molecule has 0 radical (unpaired) electrons. The molecule has 0 saturated carbocycles. The second-order valence-corrected chi connectivity index (χ2v) is 23.5. The molecule has 350 valence electrons. The first-order valence-electron chi connectivity index (χ1n) is 24.2. The zero-order valence-electron chi connectivity index (χ0n) is 43.0. The van der Waals surface area contributed by atoms with Gasteiger partial charge in [-0.25, -0.2) is 4.98 Å². The summed E-state index contributed by atoms with van der Waals surface area (Å²) < 4.78 is 9.30. The van der Waals surface area contributed by atoms with Gasteiger partial charge in [-0.3, -0.25) is 0 Å². The van der Waals surface area contributed by atoms with Crippen molar-refractivity contribution >= 4 is 33.3 Å². The van der Waals surface area contributed by atoms with Gasteiger partial charge in [0, 0.05) is 28.9 Å². The number of benzene rings is 5. The van der Waals surface area contributed by atoms with Gasteiger partial charge in [-0.1, -0.05) is 150 Å². The molecule has 2 aromatic heterocycles. The van der Waals surface area contributed by atoms with Crippen molar-refractivity contribution < 1.29 is 25.8 Å². The molecule has 7 aromatic rings. The van der Waals surface area contributed by atoms with E-state index in [2.05, 4.69) is 224 Å². The summed E-state index contributed by atoms with van der Waals surface area (Å²) in [5.41, 5.74) is 14.8. The molecule has 2 aliphatic rings. The number of para-hydroxylation sites is 1. The summed E-state index contributed by atoms with van der Waals surface area (Å²) in [5.74, 6) is 3.68. The number of anilines is 1. The number of ether oxygens (including phenoxy) is 1. The number of rotatable bonds is 7. The molecule has 0 unspecified atom stereocenters. The average Bonchev–Trinajstić information content (AvgIpc) is 3.76. The number of aryl methyl sites for hydroxylation is 2. The monoisotopic (exact) mass is 1070 g/mol. The van der Waals surface area contributed by atoms with Gasteiger partial charge in [0.2, 0.25) is 0 Å². The van der Waals surface area contributed by atoms with Gasteiger partial charge in [-0.15, -0.1) is 34.7 Å². The Morgan fingerprint density at radius 3 is 1.91 bits per heavy atom. The maximum absolute atomic E-state index is 7.04. The smallest absolute Gasteiger partial charge is 0.503 e. The summed E-state index contributed by atoms with van der Waals surface area (Å²) in [6.45, 7) is 38.9. The summed E-state index contributed by atoms with van der Waals surface area (Å²) in [6, 6.07) is 39.3. The summed E-state index contributed by atoms with van der Waals surface area (Å²) >= 11 is 0. The quantitative estimate of drug-likeness (QED) is 0.149. The number of aromatic nitrogens is 2. The minimum atomic E-state index is -0.515. The van der Waals surface area contributed by atoms with Gasteiger partial charge in [0.1, 0.15) is 5.82 Å². The molecule has 9 rings (SSSR count). The van der Waals surface area contributed by atoms with Crippen molar-refractivity contribution in [2.24, 2.45) is 4.99 Å². The van der Waals surface area contributed by atoms with E-state index in [-0.39, 0.29) is 42.8 Å². The maximum Gasteiger partial charge on any atom is 2.00 e. The average molecular weight is 1070 g/mol. The maximum atomic E-state index is 7.04. The standard InChI is InChI=1S/C61H70N4O.Pt/c1-36(2)47-19-18-20-48(37(3)4)55(47)65-56(63-61(17)51-28-39(6)38(5)27-41(51)35-60(61,65)16)40-29-44(59(13,14)15)31-46(30-40)66-45-22-23-49-50-32-42(57(7,8)9)21-24-52(50)64(53(49)34-45)54-33-43(25-26-62-54)58(10,11)12;/h18-29,31-33,36-37H,35H2,1-17H3;/q-2;+2/t60-,61+;/m0./s1. The van der Waals surface area contributed by atoms with E-state index in [0.717, 1.165) is 45.6 Å². The molecule has 0 amide bonds. The molecule has 3 heterocycles. The van der Waals surface area contributed by atoms with Crippen LogP contribution in [-0.2, 0) is 49.3 Å². The van der Waals surface area contributed by atoms with Gasteiger partial charge in [-0.2, -0.15) is 6.07 Å². The Bertz CT molecular complexity index is 3090. The van der Waals surface area contributed by atoms with Gasteiger partial charge in [0.25, 0.3) is 0 Å². The van der Waals surface area contributed by atoms with Crippen molar-refractivity contribution in [3.63, 3.8) is 0 Å². The molecule has 6 heteroatoms. The first-order chi connectivity index (χ1) is 30.8. The normalized spacial score (nSPS) is 18.5. The van der Waals surface area contributed by atoms with Crippen LogP contribution in [0.3, 0.4) is 0 Å². The topological polar surface area (TPSA) is 42.6 Å². The van der Waals surface area contributed by atoms with Crippen molar-refractivity contribution in [1.82, 2.24) is 9.55 Å². The van der Waals surface area contributed by atoms with Gasteiger partial charge in [0.05, 0.1) is 16.9 Å². The van der Waals surface area contributed by atoms with Gasteiger partial charge >= 0.3 is 21.1 Å². The molecule has 67 heavy (non-hydrogen) atoms. The zero-order valence-corrected chi connectivity index (χ0v) is 45.3. The van der Waals surface area contributed by atoms with Gasteiger partial charge in [0.15, 0.2) is 0 Å². The van der Waals surface area contributed by atoms with Crippen LogP contribution in [-0.4, -0.2) is 20.9 Å². The molecule has 1 aliphatic heterocycles. The zero-order chi connectivity index (χ0) is 47.6. The summed E-state index contributed by atoms with van der Waals surface area (Å²) in [6.07, 6.45) is 2.81. The van der Waals surface area contributed by atoms with Crippen molar-refractivity contribution in [3.05, 3.63) is 159 Å². The number of nitrogens with zero attached hydrogens (tertiary/aromatic N) is 4. The van der Waals surface area contributed by atoms with Crippen molar-refractivity contribution in [3.8, 4) is 17.3 Å². The summed E-state index contributed by atoms with van der Waals surface area (Å²) in [4.78, 5) is 13.6. The molecule has 0 saturated heterocycles. The summed E-state index contributed by atoms with van der Waals surface area (Å²) in [5, 5.41) is 2.28. The summed E-state index contributed by atoms with van der Waals surface area (Å²) in [7, 11) is 0. The van der Waals surface area contributed by atoms with Crippen molar-refractivity contribution in [1.29, 1.82) is 0 Å². The third-order valence-electron chi connectivity index (χ3n) is 15.0. The van der Waals surface area contributed by atoms with E-state index in [1.165, 1.54) is 55.6 Å². The van der Waals surface area contributed by atoms with Crippen molar-refractivity contribution in [2.45, 2.75) is 163 Å². The fraction of sp³-hybridized carbons (Fsp3) is 0.410. The molecule has 0 spiro atoms. The van der Waals surface area contributed by atoms with E-state index in [1.807, 2.05) is 6.20 Å². The van der Waals surface area contributed by atoms with E-state index in [4.69, 9.17) is 14.7 Å². The molecule has 1 aliphatic carbocycles. The van der Waals surface area contributed by atoms with E-state index >= 15 is 0 Å². The van der Waals surface area contributed by atoms with Crippen LogP contribution in [0.4, 0.5) is 5.69 Å². The van der Waals surface area contributed by atoms with Crippen LogP contribution < -0.4 is 9.64 Å². The molecule has 2 atom stereocenters. The fourth-order valence-electron chi connectivity index (χ4n) is 10.6. The molecular formula is C61H70N4OPt. The van der Waals surface area contributed by atoms with Crippen LogP contribution in [0.5, 0.6) is 11.5 Å². The van der Waals surface area contributed by atoms with E-state index < -0.39 is 5.54 Å². The van der Waals surface area contributed by atoms with E-state index in [0.29, 0.717) is 23.3 Å². The number of amidine groups is 1. The third-order valence-corrected chi connectivity index (χ3v) is 15.0. The van der Waals surface area contributed by atoms with E-state index in [1.54, 1.807) is 0 Å². The SMILES string of the molecule is Cc1cc2c(cc1C)[C@@]1(C)N=C(c3[c-]c(Oc4[c-]c5c(cc4)c4cc(C(C)(C)C)ccc4n5-c4cc(C(C)(C)C)ccn4)cc(C(C)(C)C)c3)N(c3c(C(C)C)cccc3C(C)C)[C@@]1(C)C2.[Pt+2]. The first kappa shape index (κ1) is 48.5. The van der Waals surface area contributed by atoms with Crippen LogP contribution in [0, 0.1) is 26.0 Å². The molecule has 5 nitrogen and oxygen atoms in total. The number of hydrogen-bond acceptors (Lipinski definition) is 4. The first-order valence-corrected chi connectivity index (χ1v) is 24.2.